The number of H-pyrrole nitrogens is 1. The number of nitrogens with one attached hydrogen (secondary N) is 1. The molecule has 0 aliphatic rings. The lowest BCUT2D eigenvalue weighted by Crippen LogP contribution is -2.34. The highest BCUT2D eigenvalue weighted by Crippen LogP contribution is 2.15. The molecule has 0 atom stereocenters. The number of fused-ring (bicyclic) bond motifs is 2. The molecule has 0 saturated heterocycles. The average Bonchev–Trinajstić information content (AvgIpc) is 2.99. The largest absolute Gasteiger partial charge is 1.00 e. The Morgan fingerprint density at radius 1 is 0.864 bits per heavy atom. The quantitative estimate of drug-likeness (QED) is 0.512. The van der Waals surface area contributed by atoms with Gasteiger partial charge >= 0.3 is 0 Å². The first-order valence-corrected chi connectivity index (χ1v) is 7.84. The smallest absolute Gasteiger partial charge is 0.212 e. The van der Waals surface area contributed by atoms with Crippen molar-refractivity contribution < 1.29 is 5.99 Å². The number of hydrogen-bond donors (Lipinski definition) is 1. The van der Waals surface area contributed by atoms with Crippen molar-refractivity contribution in [1.29, 1.82) is 0 Å². The third-order valence-electron chi connectivity index (χ3n) is 3.71. The highest BCUT2D eigenvalue weighted by Gasteiger charge is 2.10. The maximum absolute atomic E-state index is 3.49. The highest BCUT2D eigenvalue weighted by molar-refractivity contribution is 5.80. The van der Waals surface area contributed by atoms with E-state index in [-0.39, 0.29) is 1.43 Å². The molecule has 0 unspecified atom stereocenters. The minimum atomic E-state index is 0. The van der Waals surface area contributed by atoms with Crippen LogP contribution in [0.1, 0.15) is 21.0 Å². The second-order valence-corrected chi connectivity index (χ2v) is 5.08. The topological polar surface area (TPSA) is 19.7 Å². The predicted octanol–water partition coefficient (Wildman–Crippen LogP) is 4.80. The maximum Gasteiger partial charge on any atom is 0.212 e. The van der Waals surface area contributed by atoms with Gasteiger partial charge in [0, 0.05) is 23.0 Å². The van der Waals surface area contributed by atoms with Gasteiger partial charge in [-0.1, -0.05) is 44.2 Å². The number of nitrogens with zero attached hydrogens (tertiary/aromatic N) is 1. The zero-order valence-corrected chi connectivity index (χ0v) is 13.1. The minimum absolute atomic E-state index is 0. The van der Waals surface area contributed by atoms with Crippen LogP contribution < -0.4 is 4.57 Å². The van der Waals surface area contributed by atoms with Crippen LogP contribution in [0.4, 0.5) is 0 Å². The van der Waals surface area contributed by atoms with E-state index in [0.717, 1.165) is 6.54 Å². The lowest BCUT2D eigenvalue weighted by atomic mass is 10.2. The van der Waals surface area contributed by atoms with Crippen LogP contribution in [0.3, 0.4) is 0 Å². The molecule has 0 aliphatic heterocycles. The molecule has 0 amide bonds. The molecule has 2 aromatic heterocycles. The van der Waals surface area contributed by atoms with Gasteiger partial charge < -0.3 is 6.41 Å². The van der Waals surface area contributed by atoms with E-state index >= 15 is 0 Å². The first-order chi connectivity index (χ1) is 10.9. The molecule has 2 heterocycles. The first-order valence-electron chi connectivity index (χ1n) is 7.84. The maximum atomic E-state index is 3.49. The molecule has 0 fully saturated rings. The second-order valence-electron chi connectivity index (χ2n) is 5.08. The summed E-state index contributed by atoms with van der Waals surface area (Å²) in [6.45, 7) is 4.86. The van der Waals surface area contributed by atoms with Crippen molar-refractivity contribution >= 4 is 21.8 Å². The van der Waals surface area contributed by atoms with Crippen LogP contribution in [0.5, 0.6) is 0 Å². The highest BCUT2D eigenvalue weighted by atomic mass is 15.0. The predicted molar refractivity (Wildman–Crippen MR) is 94.0 cm³/mol. The monoisotopic (exact) mass is 292 g/mol. The van der Waals surface area contributed by atoms with Gasteiger partial charge in [0.2, 0.25) is 5.52 Å². The number of aromatic amines is 1. The van der Waals surface area contributed by atoms with Gasteiger partial charge in [0.15, 0.2) is 12.7 Å². The van der Waals surface area contributed by atoms with Crippen molar-refractivity contribution in [2.75, 3.05) is 0 Å². The van der Waals surface area contributed by atoms with Gasteiger partial charge in [0.25, 0.3) is 0 Å². The van der Waals surface area contributed by atoms with Crippen molar-refractivity contribution in [2.24, 2.45) is 0 Å². The number of rotatable bonds is 2. The Hall–Kier alpha value is -2.61. The molecule has 0 saturated carbocycles. The van der Waals surface area contributed by atoms with Crippen LogP contribution in [0, 0.1) is 0 Å². The zero-order chi connectivity index (χ0) is 15.4. The molecule has 0 spiro atoms. The summed E-state index contributed by atoms with van der Waals surface area (Å²) in [5, 5.41) is 2.54. The molecule has 112 valence electrons. The molecule has 1 N–H and O–H groups in total. The number of para-hydroxylation sites is 2. The minimum Gasteiger partial charge on any atom is -1.00 e. The molecular formula is C20H22N2. The summed E-state index contributed by atoms with van der Waals surface area (Å²) in [7, 11) is 0. The van der Waals surface area contributed by atoms with E-state index in [9.17, 15) is 0 Å². The standard InChI is InChI=1S/C18H15N2.C2H6.H/c1-3-9-17-15(7-1)12-16(19-17)13-20-11-5-8-14-6-2-4-10-18(14)20;1-2;/h1-12,19H,13H2;1-2H3;/q+1;;-1/i;;1+2. The van der Waals surface area contributed by atoms with Gasteiger partial charge in [-0.15, -0.1) is 0 Å². The van der Waals surface area contributed by atoms with E-state index in [0.29, 0.717) is 0 Å². The van der Waals surface area contributed by atoms with Crippen LogP contribution in [0.25, 0.3) is 21.8 Å². The van der Waals surface area contributed by atoms with Crippen molar-refractivity contribution in [3.05, 3.63) is 78.6 Å². The van der Waals surface area contributed by atoms with Gasteiger partial charge in [-0.3, -0.25) is 0 Å². The van der Waals surface area contributed by atoms with Crippen molar-refractivity contribution in [3.8, 4) is 0 Å². The summed E-state index contributed by atoms with van der Waals surface area (Å²) in [5.41, 5.74) is 3.68. The van der Waals surface area contributed by atoms with E-state index < -0.39 is 0 Å². The normalized spacial score (nSPS) is 10.5. The van der Waals surface area contributed by atoms with Gasteiger partial charge in [0.1, 0.15) is 0 Å². The Morgan fingerprint density at radius 3 is 2.36 bits per heavy atom. The molecule has 4 rings (SSSR count). The Bertz CT molecular complexity index is 858. The molecule has 0 aliphatic carbocycles. The summed E-state index contributed by atoms with van der Waals surface area (Å²) >= 11 is 0. The molecule has 4 aromatic rings. The van der Waals surface area contributed by atoms with Gasteiger partial charge in [-0.25, -0.2) is 0 Å². The lowest BCUT2D eigenvalue weighted by Gasteiger charge is -1.99. The molecule has 2 nitrogen and oxygen atoms in total. The van der Waals surface area contributed by atoms with Crippen LogP contribution in [-0.4, -0.2) is 4.98 Å². The summed E-state index contributed by atoms with van der Waals surface area (Å²) in [5.74, 6) is 0. The van der Waals surface area contributed by atoms with E-state index in [2.05, 4.69) is 82.5 Å². The summed E-state index contributed by atoms with van der Waals surface area (Å²) in [6.07, 6.45) is 2.13. The van der Waals surface area contributed by atoms with E-state index in [4.69, 9.17) is 0 Å². The van der Waals surface area contributed by atoms with Crippen molar-refractivity contribution in [3.63, 3.8) is 0 Å². The molecule has 0 radical (unpaired) electrons. The lowest BCUT2D eigenvalue weighted by molar-refractivity contribution is -0.662. The SMILES string of the molecule is CC.[3H-].c1ccc2[nH]c(C[n+]3cccc4ccccc43)cc2c1. The fourth-order valence-electron chi connectivity index (χ4n) is 2.76. The van der Waals surface area contributed by atoms with Crippen LogP contribution >= 0.6 is 0 Å². The third kappa shape index (κ3) is 2.73. The summed E-state index contributed by atoms with van der Waals surface area (Å²) in [4.78, 5) is 3.49. The van der Waals surface area contributed by atoms with E-state index in [1.54, 1.807) is 0 Å². The van der Waals surface area contributed by atoms with Crippen LogP contribution in [-0.2, 0) is 6.54 Å². The Morgan fingerprint density at radius 2 is 1.55 bits per heavy atom. The second kappa shape index (κ2) is 6.44. The number of hydrogen-bond acceptors (Lipinski definition) is 0. The molecule has 2 heteroatoms. The number of pyridine rings is 1. The van der Waals surface area contributed by atoms with Gasteiger partial charge in [0.05, 0.1) is 5.69 Å². The van der Waals surface area contributed by atoms with Crippen LogP contribution in [0.2, 0.25) is 0 Å². The summed E-state index contributed by atoms with van der Waals surface area (Å²) < 4.78 is 2.28. The van der Waals surface area contributed by atoms with E-state index in [1.165, 1.54) is 27.5 Å². The zero-order valence-electron chi connectivity index (χ0n) is 14.1. The molecule has 22 heavy (non-hydrogen) atoms. The van der Waals surface area contributed by atoms with E-state index in [1.807, 2.05) is 13.8 Å². The number of aromatic nitrogens is 2. The third-order valence-corrected chi connectivity index (χ3v) is 3.71. The Balaban J connectivity index is 0.000000617. The van der Waals surface area contributed by atoms with Crippen molar-refractivity contribution in [2.45, 2.75) is 20.4 Å². The van der Waals surface area contributed by atoms with Crippen LogP contribution in [0.15, 0.2) is 72.9 Å². The average molecular weight is 292 g/mol. The van der Waals surface area contributed by atoms with Gasteiger partial charge in [-0.05, 0) is 29.7 Å². The Labute approximate surface area is 132 Å². The molecular weight excluding hydrogens is 268 g/mol. The molecule has 0 bridgehead atoms. The first kappa shape index (κ1) is 14.3. The van der Waals surface area contributed by atoms with Crippen molar-refractivity contribution in [1.82, 2.24) is 4.98 Å². The summed E-state index contributed by atoms with van der Waals surface area (Å²) in [6, 6.07) is 23.4. The van der Waals surface area contributed by atoms with Gasteiger partial charge in [-0.2, -0.15) is 4.57 Å². The Kier molecular flexibility index (Phi) is 4.19. The molecule has 2 aromatic carbocycles. The fourth-order valence-corrected chi connectivity index (χ4v) is 2.76. The fraction of sp³-hybridized carbons (Fsp3) is 0.150. The number of benzene rings is 2.